The number of hydrogen-bond donors (Lipinski definition) is 1. The van der Waals surface area contributed by atoms with Crippen molar-refractivity contribution in [2.75, 3.05) is 13.7 Å². The van der Waals surface area contributed by atoms with Gasteiger partial charge in [0.05, 0.1) is 17.1 Å². The van der Waals surface area contributed by atoms with Crippen LogP contribution in [0.1, 0.15) is 13.8 Å². The number of aliphatic carboxylic acids is 1. The molecule has 1 aliphatic rings. The molecule has 4 nitrogen and oxygen atoms in total. The SMILES string of the molecule is COCC1=C(C(=O)O)SC(C)(C)C=N1. The van der Waals surface area contributed by atoms with E-state index in [-0.39, 0.29) is 16.3 Å². The van der Waals surface area contributed by atoms with Gasteiger partial charge in [0.25, 0.3) is 0 Å². The Hall–Kier alpha value is -0.810. The molecule has 0 unspecified atom stereocenters. The van der Waals surface area contributed by atoms with Gasteiger partial charge in [0, 0.05) is 13.3 Å². The van der Waals surface area contributed by atoms with Crippen molar-refractivity contribution >= 4 is 23.9 Å². The van der Waals surface area contributed by atoms with Crippen LogP contribution in [-0.2, 0) is 9.53 Å². The molecule has 0 amide bonds. The van der Waals surface area contributed by atoms with Crippen LogP contribution in [0.3, 0.4) is 0 Å². The number of ether oxygens (including phenoxy) is 1. The number of hydrogen-bond acceptors (Lipinski definition) is 4. The van der Waals surface area contributed by atoms with Crippen LogP contribution in [0.4, 0.5) is 0 Å². The van der Waals surface area contributed by atoms with Gasteiger partial charge in [0.2, 0.25) is 0 Å². The smallest absolute Gasteiger partial charge is 0.344 e. The number of nitrogens with zero attached hydrogens (tertiary/aromatic N) is 1. The Morgan fingerprint density at radius 3 is 2.86 bits per heavy atom. The molecule has 1 rings (SSSR count). The highest BCUT2D eigenvalue weighted by molar-refractivity contribution is 8.05. The molecule has 14 heavy (non-hydrogen) atoms. The molecular weight excluding hydrogens is 202 g/mol. The van der Waals surface area contributed by atoms with E-state index in [9.17, 15) is 4.79 Å². The van der Waals surface area contributed by atoms with Gasteiger partial charge in [-0.05, 0) is 13.8 Å². The third kappa shape index (κ3) is 2.59. The summed E-state index contributed by atoms with van der Waals surface area (Å²) in [4.78, 5) is 15.3. The maximum atomic E-state index is 10.9. The summed E-state index contributed by atoms with van der Waals surface area (Å²) in [5, 5.41) is 8.96. The Morgan fingerprint density at radius 1 is 1.71 bits per heavy atom. The first-order valence-corrected chi connectivity index (χ1v) is 4.97. The molecule has 0 atom stereocenters. The molecule has 0 fully saturated rings. The lowest BCUT2D eigenvalue weighted by Gasteiger charge is -2.24. The van der Waals surface area contributed by atoms with E-state index in [1.165, 1.54) is 18.9 Å². The number of carboxylic acid groups (broad SMARTS) is 1. The number of methoxy groups -OCH3 is 1. The lowest BCUT2D eigenvalue weighted by Crippen LogP contribution is -2.23. The molecule has 0 bridgehead atoms. The molecule has 0 aromatic rings. The van der Waals surface area contributed by atoms with Crippen molar-refractivity contribution in [3.63, 3.8) is 0 Å². The normalized spacial score (nSPS) is 19.9. The quantitative estimate of drug-likeness (QED) is 0.775. The van der Waals surface area contributed by atoms with Crippen LogP contribution in [0.5, 0.6) is 0 Å². The third-order valence-corrected chi connectivity index (χ3v) is 2.88. The molecule has 0 saturated heterocycles. The van der Waals surface area contributed by atoms with Gasteiger partial charge in [0.15, 0.2) is 0 Å². The van der Waals surface area contributed by atoms with E-state index < -0.39 is 5.97 Å². The zero-order valence-corrected chi connectivity index (χ0v) is 9.22. The molecule has 1 aliphatic heterocycles. The summed E-state index contributed by atoms with van der Waals surface area (Å²) in [5.41, 5.74) is 0.490. The van der Waals surface area contributed by atoms with E-state index in [0.29, 0.717) is 5.70 Å². The molecule has 1 heterocycles. The predicted octanol–water partition coefficient (Wildman–Crippen LogP) is 1.53. The Bertz CT molecular complexity index is 307. The van der Waals surface area contributed by atoms with Crippen molar-refractivity contribution in [1.82, 2.24) is 0 Å². The van der Waals surface area contributed by atoms with E-state index in [1.54, 1.807) is 6.21 Å². The average Bonchev–Trinajstić information content (AvgIpc) is 2.08. The zero-order chi connectivity index (χ0) is 10.8. The molecule has 0 radical (unpaired) electrons. The van der Waals surface area contributed by atoms with Crippen LogP contribution in [0.2, 0.25) is 0 Å². The van der Waals surface area contributed by atoms with Gasteiger partial charge in [-0.3, -0.25) is 4.99 Å². The molecule has 0 saturated carbocycles. The number of carboxylic acids is 1. The number of aliphatic imine (C=N–C) groups is 1. The summed E-state index contributed by atoms with van der Waals surface area (Å²) in [5.74, 6) is -0.938. The lowest BCUT2D eigenvalue weighted by atomic mass is 10.2. The van der Waals surface area contributed by atoms with Crippen LogP contribution < -0.4 is 0 Å². The van der Waals surface area contributed by atoms with Crippen LogP contribution >= 0.6 is 11.8 Å². The Labute approximate surface area is 87.1 Å². The fourth-order valence-electron chi connectivity index (χ4n) is 1.05. The molecule has 0 aromatic heterocycles. The predicted molar refractivity (Wildman–Crippen MR) is 56.7 cm³/mol. The maximum absolute atomic E-state index is 10.9. The van der Waals surface area contributed by atoms with Gasteiger partial charge in [-0.25, -0.2) is 4.79 Å². The molecular formula is C9H13NO3S. The first-order chi connectivity index (χ1) is 6.46. The van der Waals surface area contributed by atoms with Crippen LogP contribution in [-0.4, -0.2) is 35.8 Å². The van der Waals surface area contributed by atoms with Crippen molar-refractivity contribution < 1.29 is 14.6 Å². The summed E-state index contributed by atoms with van der Waals surface area (Å²) in [6, 6.07) is 0. The van der Waals surface area contributed by atoms with Crippen molar-refractivity contribution in [2.24, 2.45) is 4.99 Å². The fourth-order valence-corrected chi connectivity index (χ4v) is 2.00. The van der Waals surface area contributed by atoms with Gasteiger partial charge in [-0.1, -0.05) is 0 Å². The van der Waals surface area contributed by atoms with Gasteiger partial charge < -0.3 is 9.84 Å². The summed E-state index contributed by atoms with van der Waals surface area (Å²) in [6.45, 7) is 4.09. The van der Waals surface area contributed by atoms with Crippen LogP contribution in [0.25, 0.3) is 0 Å². The largest absolute Gasteiger partial charge is 0.477 e. The highest BCUT2D eigenvalue weighted by Crippen LogP contribution is 2.36. The van der Waals surface area contributed by atoms with Crippen molar-refractivity contribution in [1.29, 1.82) is 0 Å². The van der Waals surface area contributed by atoms with E-state index >= 15 is 0 Å². The van der Waals surface area contributed by atoms with Gasteiger partial charge >= 0.3 is 5.97 Å². The Morgan fingerprint density at radius 2 is 2.36 bits per heavy atom. The summed E-state index contributed by atoms with van der Waals surface area (Å²) < 4.78 is 4.62. The fraction of sp³-hybridized carbons (Fsp3) is 0.556. The summed E-state index contributed by atoms with van der Waals surface area (Å²) in [7, 11) is 1.52. The molecule has 0 aromatic carbocycles. The molecule has 0 spiro atoms. The maximum Gasteiger partial charge on any atom is 0.344 e. The van der Waals surface area contributed by atoms with Gasteiger partial charge in [-0.2, -0.15) is 0 Å². The van der Waals surface area contributed by atoms with E-state index in [1.807, 2.05) is 13.8 Å². The number of rotatable bonds is 3. The zero-order valence-electron chi connectivity index (χ0n) is 8.40. The van der Waals surface area contributed by atoms with Crippen molar-refractivity contribution in [3.05, 3.63) is 10.6 Å². The minimum absolute atomic E-state index is 0.237. The topological polar surface area (TPSA) is 58.9 Å². The average molecular weight is 215 g/mol. The van der Waals surface area contributed by atoms with Crippen LogP contribution in [0.15, 0.2) is 15.6 Å². The summed E-state index contributed by atoms with van der Waals surface area (Å²) >= 11 is 1.30. The second-order valence-corrected chi connectivity index (χ2v) is 5.14. The molecule has 1 N–H and O–H groups in total. The minimum Gasteiger partial charge on any atom is -0.477 e. The Kier molecular flexibility index (Phi) is 3.34. The molecule has 0 aliphatic carbocycles. The highest BCUT2D eigenvalue weighted by atomic mass is 32.2. The monoisotopic (exact) mass is 215 g/mol. The first kappa shape index (κ1) is 11.3. The molecule has 78 valence electrons. The first-order valence-electron chi connectivity index (χ1n) is 4.16. The number of thioether (sulfide) groups is 1. The van der Waals surface area contributed by atoms with E-state index in [0.717, 1.165) is 0 Å². The summed E-state index contributed by atoms with van der Waals surface area (Å²) in [6.07, 6.45) is 1.75. The van der Waals surface area contributed by atoms with Crippen molar-refractivity contribution in [3.8, 4) is 0 Å². The van der Waals surface area contributed by atoms with E-state index in [2.05, 4.69) is 4.99 Å². The van der Waals surface area contributed by atoms with Gasteiger partial charge in [-0.15, -0.1) is 11.8 Å². The highest BCUT2D eigenvalue weighted by Gasteiger charge is 2.28. The standard InChI is InChI=1S/C9H13NO3S/c1-9(2)5-10-6(4-13-3)7(14-9)8(11)12/h5H,4H2,1-3H3,(H,11,12). The van der Waals surface area contributed by atoms with Gasteiger partial charge in [0.1, 0.15) is 4.91 Å². The van der Waals surface area contributed by atoms with Crippen molar-refractivity contribution in [2.45, 2.75) is 18.6 Å². The van der Waals surface area contributed by atoms with E-state index in [4.69, 9.17) is 9.84 Å². The third-order valence-electron chi connectivity index (χ3n) is 1.63. The second-order valence-electron chi connectivity index (χ2n) is 3.48. The molecule has 5 heteroatoms. The second kappa shape index (κ2) is 4.14. The Balaban J connectivity index is 2.97. The van der Waals surface area contributed by atoms with Crippen LogP contribution in [0, 0.1) is 0 Å². The lowest BCUT2D eigenvalue weighted by molar-refractivity contribution is -0.131. The minimum atomic E-state index is -0.938. The number of carbonyl (C=O) groups is 1.